The highest BCUT2D eigenvalue weighted by Gasteiger charge is 2.45. The van der Waals surface area contributed by atoms with Crippen molar-refractivity contribution >= 4 is 5.91 Å². The Kier molecular flexibility index (Phi) is 6.56. The Morgan fingerprint density at radius 2 is 1.75 bits per heavy atom. The molecule has 1 aromatic heterocycles. The number of benzene rings is 2. The SMILES string of the molecule is COc1ccccc1-c1ccccc1CN1CCC[C@](C(=O)N(C)C)(c2ccccn2)C1. The third-order valence-electron chi connectivity index (χ3n) is 6.35. The number of para-hydroxylation sites is 1. The average Bonchev–Trinajstić information content (AvgIpc) is 2.84. The summed E-state index contributed by atoms with van der Waals surface area (Å²) in [6.07, 6.45) is 3.55. The molecule has 3 aromatic rings. The lowest BCUT2D eigenvalue weighted by Crippen LogP contribution is -2.54. The van der Waals surface area contributed by atoms with E-state index >= 15 is 0 Å². The fourth-order valence-corrected chi connectivity index (χ4v) is 4.88. The number of pyridine rings is 1. The summed E-state index contributed by atoms with van der Waals surface area (Å²) >= 11 is 0. The second-order valence-corrected chi connectivity index (χ2v) is 8.67. The number of rotatable bonds is 6. The molecule has 5 heteroatoms. The molecule has 166 valence electrons. The van der Waals surface area contributed by atoms with E-state index in [1.807, 2.05) is 50.5 Å². The first-order valence-corrected chi connectivity index (χ1v) is 11.1. The van der Waals surface area contributed by atoms with Crippen molar-refractivity contribution in [2.75, 3.05) is 34.3 Å². The van der Waals surface area contributed by atoms with Crippen LogP contribution in [0.1, 0.15) is 24.1 Å². The molecule has 0 spiro atoms. The van der Waals surface area contributed by atoms with Crippen molar-refractivity contribution < 1.29 is 9.53 Å². The molecule has 0 N–H and O–H groups in total. The lowest BCUT2D eigenvalue weighted by Gasteiger charge is -2.42. The summed E-state index contributed by atoms with van der Waals surface area (Å²) in [5, 5.41) is 0. The summed E-state index contributed by atoms with van der Waals surface area (Å²) in [6, 6.07) is 22.5. The van der Waals surface area contributed by atoms with E-state index in [1.54, 1.807) is 18.2 Å². The second-order valence-electron chi connectivity index (χ2n) is 8.67. The number of aromatic nitrogens is 1. The predicted molar refractivity (Wildman–Crippen MR) is 128 cm³/mol. The Morgan fingerprint density at radius 3 is 2.47 bits per heavy atom. The van der Waals surface area contributed by atoms with Crippen LogP contribution in [0.25, 0.3) is 11.1 Å². The Bertz CT molecular complexity index is 1070. The third-order valence-corrected chi connectivity index (χ3v) is 6.35. The minimum absolute atomic E-state index is 0.124. The molecule has 4 rings (SSSR count). The van der Waals surface area contributed by atoms with Gasteiger partial charge in [-0.15, -0.1) is 0 Å². The van der Waals surface area contributed by atoms with Gasteiger partial charge in [0, 0.05) is 38.9 Å². The number of ether oxygens (including phenoxy) is 1. The molecule has 1 atom stereocenters. The minimum atomic E-state index is -0.623. The maximum Gasteiger partial charge on any atom is 0.235 e. The van der Waals surface area contributed by atoms with E-state index in [9.17, 15) is 4.79 Å². The van der Waals surface area contributed by atoms with E-state index in [4.69, 9.17) is 4.74 Å². The van der Waals surface area contributed by atoms with Gasteiger partial charge in [0.2, 0.25) is 5.91 Å². The molecule has 1 aliphatic heterocycles. The van der Waals surface area contributed by atoms with Gasteiger partial charge in [0.05, 0.1) is 12.8 Å². The number of hydrogen-bond donors (Lipinski definition) is 0. The van der Waals surface area contributed by atoms with Crippen LogP contribution >= 0.6 is 0 Å². The van der Waals surface area contributed by atoms with Crippen molar-refractivity contribution in [2.45, 2.75) is 24.8 Å². The van der Waals surface area contributed by atoms with E-state index in [0.29, 0.717) is 6.54 Å². The summed E-state index contributed by atoms with van der Waals surface area (Å²) in [5.74, 6) is 0.989. The molecule has 5 nitrogen and oxygen atoms in total. The first-order valence-electron chi connectivity index (χ1n) is 11.1. The molecule has 32 heavy (non-hydrogen) atoms. The maximum atomic E-state index is 13.4. The summed E-state index contributed by atoms with van der Waals surface area (Å²) in [7, 11) is 5.38. The summed E-state index contributed by atoms with van der Waals surface area (Å²) in [4.78, 5) is 22.2. The zero-order valence-corrected chi connectivity index (χ0v) is 19.1. The van der Waals surface area contributed by atoms with Crippen molar-refractivity contribution in [3.8, 4) is 16.9 Å². The average molecular weight is 430 g/mol. The summed E-state index contributed by atoms with van der Waals surface area (Å²) < 4.78 is 5.62. The van der Waals surface area contributed by atoms with Crippen LogP contribution < -0.4 is 4.74 Å². The van der Waals surface area contributed by atoms with E-state index < -0.39 is 5.41 Å². The van der Waals surface area contributed by atoms with Crippen LogP contribution in [0.15, 0.2) is 72.9 Å². The van der Waals surface area contributed by atoms with Crippen molar-refractivity contribution in [1.82, 2.24) is 14.8 Å². The Labute approximate surface area is 190 Å². The smallest absolute Gasteiger partial charge is 0.235 e. The third kappa shape index (κ3) is 4.26. The van der Waals surface area contributed by atoms with E-state index in [1.165, 1.54) is 5.56 Å². The van der Waals surface area contributed by atoms with Crippen LogP contribution in [0.4, 0.5) is 0 Å². The Morgan fingerprint density at radius 1 is 1.03 bits per heavy atom. The number of piperidine rings is 1. The zero-order valence-electron chi connectivity index (χ0n) is 19.1. The van der Waals surface area contributed by atoms with Crippen molar-refractivity contribution in [3.63, 3.8) is 0 Å². The van der Waals surface area contributed by atoms with E-state index in [0.717, 1.165) is 48.5 Å². The second kappa shape index (κ2) is 9.53. The maximum absolute atomic E-state index is 13.4. The van der Waals surface area contributed by atoms with Crippen LogP contribution in [0.2, 0.25) is 0 Å². The van der Waals surface area contributed by atoms with Gasteiger partial charge in [0.15, 0.2) is 0 Å². The van der Waals surface area contributed by atoms with E-state index in [2.05, 4.69) is 40.2 Å². The Balaban J connectivity index is 1.67. The molecule has 0 saturated carbocycles. The topological polar surface area (TPSA) is 45.7 Å². The van der Waals surface area contributed by atoms with Crippen LogP contribution in [0.3, 0.4) is 0 Å². The number of nitrogens with zero attached hydrogens (tertiary/aromatic N) is 3. The molecule has 0 bridgehead atoms. The van der Waals surface area contributed by atoms with Gasteiger partial charge < -0.3 is 9.64 Å². The molecule has 2 aromatic carbocycles. The zero-order chi connectivity index (χ0) is 22.6. The summed E-state index contributed by atoms with van der Waals surface area (Å²) in [6.45, 7) is 2.38. The molecule has 1 fully saturated rings. The molecule has 1 aliphatic rings. The monoisotopic (exact) mass is 429 g/mol. The molecule has 1 amide bonds. The lowest BCUT2D eigenvalue weighted by atomic mass is 9.75. The molecule has 2 heterocycles. The van der Waals surface area contributed by atoms with Gasteiger partial charge in [0.1, 0.15) is 11.2 Å². The standard InChI is InChI=1S/C27H31N3O2/c1-29(2)26(31)27(25-15-8-9-17-28-25)16-10-18-30(20-27)19-21-11-4-5-12-22(21)23-13-6-7-14-24(23)32-3/h4-9,11-15,17H,10,16,18-20H2,1-3H3/t27-/m1/s1. The number of carbonyl (C=O) groups excluding carboxylic acids is 1. The minimum Gasteiger partial charge on any atom is -0.496 e. The number of amides is 1. The van der Waals surface area contributed by atoms with Crippen LogP contribution in [-0.2, 0) is 16.8 Å². The molecular formula is C27H31N3O2. The highest BCUT2D eigenvalue weighted by atomic mass is 16.5. The van der Waals surface area contributed by atoms with Gasteiger partial charge in [-0.1, -0.05) is 48.5 Å². The molecule has 0 radical (unpaired) electrons. The number of methoxy groups -OCH3 is 1. The fourth-order valence-electron chi connectivity index (χ4n) is 4.88. The van der Waals surface area contributed by atoms with Gasteiger partial charge in [-0.25, -0.2) is 0 Å². The fraction of sp³-hybridized carbons (Fsp3) is 0.333. The van der Waals surface area contributed by atoms with Gasteiger partial charge in [-0.2, -0.15) is 0 Å². The molecule has 0 aliphatic carbocycles. The summed E-state index contributed by atoms with van der Waals surface area (Å²) in [5.41, 5.74) is 3.72. The highest BCUT2D eigenvalue weighted by Crippen LogP contribution is 2.37. The van der Waals surface area contributed by atoms with Gasteiger partial charge in [-0.05, 0) is 48.7 Å². The highest BCUT2D eigenvalue weighted by molar-refractivity contribution is 5.88. The van der Waals surface area contributed by atoms with Crippen LogP contribution in [-0.4, -0.2) is 55.0 Å². The Hall–Kier alpha value is -3.18. The van der Waals surface area contributed by atoms with Crippen molar-refractivity contribution in [3.05, 3.63) is 84.2 Å². The number of likely N-dealkylation sites (N-methyl/N-ethyl adjacent to an activating group) is 1. The normalized spacial score (nSPS) is 18.8. The number of carbonyl (C=O) groups is 1. The van der Waals surface area contributed by atoms with Crippen molar-refractivity contribution in [1.29, 1.82) is 0 Å². The molecule has 0 unspecified atom stereocenters. The molecule has 1 saturated heterocycles. The van der Waals surface area contributed by atoms with Crippen LogP contribution in [0, 0.1) is 0 Å². The van der Waals surface area contributed by atoms with Gasteiger partial charge in [-0.3, -0.25) is 14.7 Å². The van der Waals surface area contributed by atoms with Crippen LogP contribution in [0.5, 0.6) is 5.75 Å². The predicted octanol–water partition coefficient (Wildman–Crippen LogP) is 4.38. The first kappa shape index (κ1) is 22.0. The first-order chi connectivity index (χ1) is 15.5. The van der Waals surface area contributed by atoms with Gasteiger partial charge in [0.25, 0.3) is 0 Å². The largest absolute Gasteiger partial charge is 0.496 e. The molecular weight excluding hydrogens is 398 g/mol. The van der Waals surface area contributed by atoms with Crippen molar-refractivity contribution in [2.24, 2.45) is 0 Å². The number of hydrogen-bond acceptors (Lipinski definition) is 4. The lowest BCUT2D eigenvalue weighted by molar-refractivity contribution is -0.137. The van der Waals surface area contributed by atoms with Gasteiger partial charge >= 0.3 is 0 Å². The number of likely N-dealkylation sites (tertiary alicyclic amines) is 1. The quantitative estimate of drug-likeness (QED) is 0.583. The van der Waals surface area contributed by atoms with E-state index in [-0.39, 0.29) is 5.91 Å².